The highest BCUT2D eigenvalue weighted by Crippen LogP contribution is 2.30. The summed E-state index contributed by atoms with van der Waals surface area (Å²) in [5, 5.41) is 3.11. The number of benzene rings is 1. The van der Waals surface area contributed by atoms with E-state index < -0.39 is 9.84 Å². The molecule has 1 fully saturated rings. The van der Waals surface area contributed by atoms with Crippen LogP contribution in [0.3, 0.4) is 0 Å². The summed E-state index contributed by atoms with van der Waals surface area (Å²) in [4.78, 5) is 4.80. The van der Waals surface area contributed by atoms with Gasteiger partial charge in [0.05, 0.1) is 16.7 Å². The number of anilines is 1. The molecule has 1 heterocycles. The van der Waals surface area contributed by atoms with Crippen LogP contribution in [-0.2, 0) is 16.4 Å². The van der Waals surface area contributed by atoms with Gasteiger partial charge in [-0.2, -0.15) is 0 Å². The Morgan fingerprint density at radius 3 is 2.50 bits per heavy atom. The summed E-state index contributed by atoms with van der Waals surface area (Å²) in [6.07, 6.45) is 7.39. The number of hydrogen-bond donors (Lipinski definition) is 1. The van der Waals surface area contributed by atoms with Gasteiger partial charge in [-0.1, -0.05) is 12.8 Å². The fraction of sp³-hybridized carbons (Fsp3) is 0.500. The molecule has 2 aromatic rings. The van der Waals surface area contributed by atoms with Crippen LogP contribution in [0.5, 0.6) is 0 Å². The lowest BCUT2D eigenvalue weighted by Gasteiger charge is -2.14. The van der Waals surface area contributed by atoms with Crippen molar-refractivity contribution in [3.8, 4) is 0 Å². The molecule has 130 valence electrons. The van der Waals surface area contributed by atoms with Crippen LogP contribution >= 0.6 is 0 Å². The first-order valence-corrected chi connectivity index (χ1v) is 10.1. The Labute approximate surface area is 144 Å². The second-order valence-electron chi connectivity index (χ2n) is 6.67. The fourth-order valence-electron chi connectivity index (χ4n) is 3.29. The maximum atomic E-state index is 12.6. The number of nitrogens with one attached hydrogen (secondary N) is 1. The van der Waals surface area contributed by atoms with E-state index in [1.165, 1.54) is 0 Å². The van der Waals surface area contributed by atoms with Crippen molar-refractivity contribution < 1.29 is 8.42 Å². The van der Waals surface area contributed by atoms with E-state index in [0.29, 0.717) is 17.5 Å². The highest BCUT2D eigenvalue weighted by Gasteiger charge is 2.30. The van der Waals surface area contributed by atoms with Crippen molar-refractivity contribution in [2.45, 2.75) is 62.3 Å². The second-order valence-corrected chi connectivity index (χ2v) is 8.90. The lowest BCUT2D eigenvalue weighted by molar-refractivity contribution is 0.572. The van der Waals surface area contributed by atoms with E-state index >= 15 is 0 Å². The molecule has 3 rings (SSSR count). The predicted molar refractivity (Wildman–Crippen MR) is 95.8 cm³/mol. The normalized spacial score (nSPS) is 16.0. The summed E-state index contributed by atoms with van der Waals surface area (Å²) >= 11 is 0. The first-order chi connectivity index (χ1) is 11.5. The van der Waals surface area contributed by atoms with E-state index in [1.807, 2.05) is 18.3 Å². The summed E-state index contributed by atoms with van der Waals surface area (Å²) in [5.41, 5.74) is 0.902. The standard InChI is InChI=1S/C18H25N3O2S/c1-14(2)21-12-11-19-18(21)13-20-15-7-9-17(10-8-15)24(22,23)16-5-3-4-6-16/h7-12,14,16,20H,3-6,13H2,1-2H3. The first kappa shape index (κ1) is 17.0. The minimum atomic E-state index is -3.18. The Morgan fingerprint density at radius 2 is 1.88 bits per heavy atom. The minimum absolute atomic E-state index is 0.199. The number of aromatic nitrogens is 2. The molecular formula is C18H25N3O2S. The van der Waals surface area contributed by atoms with Crippen molar-refractivity contribution in [2.75, 3.05) is 5.32 Å². The van der Waals surface area contributed by atoms with Gasteiger partial charge in [0.1, 0.15) is 5.82 Å². The molecule has 1 aromatic heterocycles. The molecule has 0 saturated heterocycles. The van der Waals surface area contributed by atoms with Gasteiger partial charge in [-0.25, -0.2) is 13.4 Å². The second kappa shape index (κ2) is 6.97. The Morgan fingerprint density at radius 1 is 1.21 bits per heavy atom. The average molecular weight is 347 g/mol. The van der Waals surface area contributed by atoms with Crippen molar-refractivity contribution in [1.82, 2.24) is 9.55 Å². The maximum absolute atomic E-state index is 12.6. The molecule has 6 heteroatoms. The molecule has 1 N–H and O–H groups in total. The molecule has 24 heavy (non-hydrogen) atoms. The molecule has 0 amide bonds. The zero-order valence-corrected chi connectivity index (χ0v) is 15.1. The van der Waals surface area contributed by atoms with Gasteiger partial charge in [-0.15, -0.1) is 0 Å². The topological polar surface area (TPSA) is 64.0 Å². The number of sulfone groups is 1. The van der Waals surface area contributed by atoms with Crippen molar-refractivity contribution in [3.63, 3.8) is 0 Å². The molecule has 0 unspecified atom stereocenters. The van der Waals surface area contributed by atoms with Crippen LogP contribution in [0.1, 0.15) is 51.4 Å². The van der Waals surface area contributed by atoms with Gasteiger partial charge in [-0.3, -0.25) is 0 Å². The molecule has 1 saturated carbocycles. The quantitative estimate of drug-likeness (QED) is 0.863. The monoisotopic (exact) mass is 347 g/mol. The van der Waals surface area contributed by atoms with Crippen molar-refractivity contribution >= 4 is 15.5 Å². The van der Waals surface area contributed by atoms with E-state index in [2.05, 4.69) is 28.7 Å². The van der Waals surface area contributed by atoms with Crippen LogP contribution in [0.15, 0.2) is 41.6 Å². The fourth-order valence-corrected chi connectivity index (χ4v) is 5.14. The third-order valence-electron chi connectivity index (χ3n) is 4.68. The van der Waals surface area contributed by atoms with Gasteiger partial charge in [0.2, 0.25) is 0 Å². The molecule has 0 atom stereocenters. The van der Waals surface area contributed by atoms with Crippen LogP contribution in [0.4, 0.5) is 5.69 Å². The van der Waals surface area contributed by atoms with Gasteiger partial charge in [0.25, 0.3) is 0 Å². The highest BCUT2D eigenvalue weighted by molar-refractivity contribution is 7.92. The van der Waals surface area contributed by atoms with Crippen LogP contribution in [-0.4, -0.2) is 23.2 Å². The van der Waals surface area contributed by atoms with Gasteiger partial charge in [-0.05, 0) is 51.0 Å². The lowest BCUT2D eigenvalue weighted by Crippen LogP contribution is -2.17. The molecule has 0 spiro atoms. The summed E-state index contributed by atoms with van der Waals surface area (Å²) in [5.74, 6) is 0.965. The summed E-state index contributed by atoms with van der Waals surface area (Å²) in [7, 11) is -3.18. The Hall–Kier alpha value is -1.82. The van der Waals surface area contributed by atoms with Crippen LogP contribution in [0.2, 0.25) is 0 Å². The van der Waals surface area contributed by atoms with Gasteiger partial charge in [0, 0.05) is 24.1 Å². The molecule has 0 bridgehead atoms. The molecule has 0 radical (unpaired) electrons. The van der Waals surface area contributed by atoms with Crippen molar-refractivity contribution in [3.05, 3.63) is 42.5 Å². The maximum Gasteiger partial charge on any atom is 0.181 e. The largest absolute Gasteiger partial charge is 0.378 e. The third kappa shape index (κ3) is 3.48. The Balaban J connectivity index is 1.67. The zero-order chi connectivity index (χ0) is 17.2. The molecule has 1 aliphatic rings. The molecule has 0 aliphatic heterocycles. The zero-order valence-electron chi connectivity index (χ0n) is 14.3. The number of nitrogens with zero attached hydrogens (tertiary/aromatic N) is 2. The predicted octanol–water partition coefficient (Wildman–Crippen LogP) is 3.79. The molecule has 1 aromatic carbocycles. The average Bonchev–Trinajstić information content (AvgIpc) is 3.25. The van der Waals surface area contributed by atoms with E-state index in [-0.39, 0.29) is 5.25 Å². The van der Waals surface area contributed by atoms with E-state index in [4.69, 9.17) is 0 Å². The SMILES string of the molecule is CC(C)n1ccnc1CNc1ccc(S(=O)(=O)C2CCCC2)cc1. The third-order valence-corrected chi connectivity index (χ3v) is 6.96. The summed E-state index contributed by atoms with van der Waals surface area (Å²) < 4.78 is 27.3. The number of rotatable bonds is 6. The molecule has 1 aliphatic carbocycles. The van der Waals surface area contributed by atoms with E-state index in [0.717, 1.165) is 37.2 Å². The highest BCUT2D eigenvalue weighted by atomic mass is 32.2. The van der Waals surface area contributed by atoms with Gasteiger partial charge >= 0.3 is 0 Å². The molecule has 5 nitrogen and oxygen atoms in total. The van der Waals surface area contributed by atoms with E-state index in [9.17, 15) is 8.42 Å². The molecular weight excluding hydrogens is 322 g/mol. The van der Waals surface area contributed by atoms with Gasteiger partial charge in [0.15, 0.2) is 9.84 Å². The van der Waals surface area contributed by atoms with Crippen LogP contribution < -0.4 is 5.32 Å². The van der Waals surface area contributed by atoms with E-state index in [1.54, 1.807) is 18.3 Å². The Bertz CT molecular complexity index is 773. The van der Waals surface area contributed by atoms with Crippen molar-refractivity contribution in [2.24, 2.45) is 0 Å². The Kier molecular flexibility index (Phi) is 4.94. The van der Waals surface area contributed by atoms with Crippen LogP contribution in [0.25, 0.3) is 0 Å². The van der Waals surface area contributed by atoms with Crippen molar-refractivity contribution in [1.29, 1.82) is 0 Å². The number of imidazole rings is 1. The lowest BCUT2D eigenvalue weighted by atomic mass is 10.3. The number of hydrogen-bond acceptors (Lipinski definition) is 4. The first-order valence-electron chi connectivity index (χ1n) is 8.58. The minimum Gasteiger partial charge on any atom is -0.378 e. The summed E-state index contributed by atoms with van der Waals surface area (Å²) in [6, 6.07) is 7.47. The van der Waals surface area contributed by atoms with Gasteiger partial charge < -0.3 is 9.88 Å². The smallest absolute Gasteiger partial charge is 0.181 e. The van der Waals surface area contributed by atoms with Crippen LogP contribution in [0, 0.1) is 0 Å². The summed E-state index contributed by atoms with van der Waals surface area (Å²) in [6.45, 7) is 4.85.